The molecule has 0 aliphatic heterocycles. The molecule has 5 N–H and O–H groups in total. The van der Waals surface area contributed by atoms with Crippen molar-refractivity contribution in [3.05, 3.63) is 28.2 Å². The molecule has 7 nitrogen and oxygen atoms in total. The molecule has 0 radical (unpaired) electrons. The Morgan fingerprint density at radius 3 is 2.60 bits per heavy atom. The minimum Gasteiger partial charge on any atom is -0.478 e. The first kappa shape index (κ1) is 16.0. The molecular weight excluding hydrogens is 330 g/mol. The smallest absolute Gasteiger partial charge is 0.337 e. The quantitative estimate of drug-likeness (QED) is 0.647. The lowest BCUT2D eigenvalue weighted by molar-refractivity contribution is -0.118. The van der Waals surface area contributed by atoms with Crippen molar-refractivity contribution in [2.75, 3.05) is 5.32 Å². The van der Waals surface area contributed by atoms with Crippen LogP contribution in [0.25, 0.3) is 0 Å². The number of para-hydroxylation sites is 1. The van der Waals surface area contributed by atoms with Crippen molar-refractivity contribution in [1.82, 2.24) is 5.32 Å². The summed E-state index contributed by atoms with van der Waals surface area (Å²) in [7, 11) is 0. The van der Waals surface area contributed by atoms with Crippen LogP contribution in [0.2, 0.25) is 0 Å². The van der Waals surface area contributed by atoms with E-state index >= 15 is 0 Å². The number of amides is 3. The van der Waals surface area contributed by atoms with Crippen LogP contribution < -0.4 is 16.4 Å². The van der Waals surface area contributed by atoms with Gasteiger partial charge in [0, 0.05) is 16.9 Å². The minimum atomic E-state index is -1.16. The SMILES string of the molecule is CC(CC(N)=O)NC(=O)Nc1c(Br)cccc1C(=O)O. The van der Waals surface area contributed by atoms with E-state index in [-0.39, 0.29) is 17.7 Å². The van der Waals surface area contributed by atoms with Crippen LogP contribution in [0.3, 0.4) is 0 Å². The Hall–Kier alpha value is -2.09. The van der Waals surface area contributed by atoms with Crippen molar-refractivity contribution in [3.8, 4) is 0 Å². The van der Waals surface area contributed by atoms with Crippen LogP contribution in [0.1, 0.15) is 23.7 Å². The highest BCUT2D eigenvalue weighted by atomic mass is 79.9. The monoisotopic (exact) mass is 343 g/mol. The van der Waals surface area contributed by atoms with Gasteiger partial charge in [0.25, 0.3) is 0 Å². The van der Waals surface area contributed by atoms with Crippen LogP contribution in [0.4, 0.5) is 10.5 Å². The number of primary amides is 1. The molecule has 3 amide bonds. The molecule has 8 heteroatoms. The van der Waals surface area contributed by atoms with E-state index in [4.69, 9.17) is 10.8 Å². The topological polar surface area (TPSA) is 122 Å². The Kier molecular flexibility index (Phi) is 5.51. The van der Waals surface area contributed by atoms with Crippen molar-refractivity contribution >= 4 is 39.5 Å². The van der Waals surface area contributed by atoms with Crippen molar-refractivity contribution in [2.45, 2.75) is 19.4 Å². The largest absolute Gasteiger partial charge is 0.478 e. The molecule has 1 aromatic carbocycles. The molecule has 0 saturated carbocycles. The highest BCUT2D eigenvalue weighted by molar-refractivity contribution is 9.10. The predicted molar refractivity (Wildman–Crippen MR) is 76.5 cm³/mol. The molecule has 0 spiro atoms. The average Bonchev–Trinajstić information content (AvgIpc) is 2.29. The summed E-state index contributed by atoms with van der Waals surface area (Å²) in [6.07, 6.45) is -0.00479. The standard InChI is InChI=1S/C12H14BrN3O4/c1-6(5-9(14)17)15-12(20)16-10-7(11(18)19)3-2-4-8(10)13/h2-4,6H,5H2,1H3,(H2,14,17)(H,18,19)(H2,15,16,20). The number of hydrogen-bond donors (Lipinski definition) is 4. The van der Waals surface area contributed by atoms with Gasteiger partial charge in [-0.15, -0.1) is 0 Å². The number of nitrogens with one attached hydrogen (secondary N) is 2. The first-order valence-corrected chi connectivity index (χ1v) is 6.48. The summed E-state index contributed by atoms with van der Waals surface area (Å²) < 4.78 is 0.440. The Bertz CT molecular complexity index is 548. The first-order chi connectivity index (χ1) is 9.31. The fraction of sp³-hybridized carbons (Fsp3) is 0.250. The number of carbonyl (C=O) groups is 3. The summed E-state index contributed by atoms with van der Waals surface area (Å²) in [5.41, 5.74) is 5.11. The van der Waals surface area contributed by atoms with Crippen LogP contribution in [0, 0.1) is 0 Å². The van der Waals surface area contributed by atoms with Crippen LogP contribution in [-0.2, 0) is 4.79 Å². The van der Waals surface area contributed by atoms with E-state index in [0.717, 1.165) is 0 Å². The number of carboxylic acids is 1. The molecule has 0 bridgehead atoms. The molecule has 0 saturated heterocycles. The molecule has 1 rings (SSSR count). The van der Waals surface area contributed by atoms with E-state index in [0.29, 0.717) is 4.47 Å². The highest BCUT2D eigenvalue weighted by Crippen LogP contribution is 2.26. The van der Waals surface area contributed by atoms with Gasteiger partial charge in [-0.05, 0) is 35.0 Å². The number of anilines is 1. The van der Waals surface area contributed by atoms with E-state index in [2.05, 4.69) is 26.6 Å². The summed E-state index contributed by atoms with van der Waals surface area (Å²) in [5, 5.41) is 14.0. The molecule has 108 valence electrons. The molecule has 0 aliphatic carbocycles. The summed E-state index contributed by atoms with van der Waals surface area (Å²) in [5.74, 6) is -1.70. The number of halogens is 1. The number of hydrogen-bond acceptors (Lipinski definition) is 3. The lowest BCUT2D eigenvalue weighted by Crippen LogP contribution is -2.38. The Morgan fingerprint density at radius 1 is 1.40 bits per heavy atom. The van der Waals surface area contributed by atoms with Crippen LogP contribution in [0.15, 0.2) is 22.7 Å². The van der Waals surface area contributed by atoms with Gasteiger partial charge in [0.2, 0.25) is 5.91 Å². The fourth-order valence-corrected chi connectivity index (χ4v) is 2.02. The Morgan fingerprint density at radius 2 is 2.05 bits per heavy atom. The van der Waals surface area contributed by atoms with Gasteiger partial charge >= 0.3 is 12.0 Å². The third kappa shape index (κ3) is 4.54. The summed E-state index contributed by atoms with van der Waals surface area (Å²) in [6, 6.07) is 3.45. The lowest BCUT2D eigenvalue weighted by atomic mass is 10.2. The maximum atomic E-state index is 11.7. The van der Waals surface area contributed by atoms with Gasteiger partial charge in [0.1, 0.15) is 0 Å². The zero-order valence-electron chi connectivity index (χ0n) is 10.6. The second-order valence-electron chi connectivity index (χ2n) is 4.14. The molecule has 0 fully saturated rings. The number of aromatic carboxylic acids is 1. The van der Waals surface area contributed by atoms with Gasteiger partial charge < -0.3 is 21.5 Å². The number of urea groups is 1. The summed E-state index contributed by atoms with van der Waals surface area (Å²) in [4.78, 5) is 33.5. The molecule has 1 atom stereocenters. The van der Waals surface area contributed by atoms with Gasteiger partial charge in [0.15, 0.2) is 0 Å². The van der Waals surface area contributed by atoms with E-state index in [9.17, 15) is 14.4 Å². The highest BCUT2D eigenvalue weighted by Gasteiger charge is 2.16. The Balaban J connectivity index is 2.80. The maximum absolute atomic E-state index is 11.7. The number of nitrogens with two attached hydrogens (primary N) is 1. The molecule has 1 aromatic rings. The normalized spacial score (nSPS) is 11.5. The van der Waals surface area contributed by atoms with Gasteiger partial charge in [-0.2, -0.15) is 0 Å². The number of benzene rings is 1. The van der Waals surface area contributed by atoms with Crippen LogP contribution >= 0.6 is 15.9 Å². The van der Waals surface area contributed by atoms with Gasteiger partial charge in [0.05, 0.1) is 11.3 Å². The summed E-state index contributed by atoms with van der Waals surface area (Å²) >= 11 is 3.17. The van der Waals surface area contributed by atoms with Crippen LogP contribution in [-0.4, -0.2) is 29.1 Å². The minimum absolute atomic E-state index is 0.00479. The predicted octanol–water partition coefficient (Wildman–Crippen LogP) is 1.53. The van der Waals surface area contributed by atoms with Gasteiger partial charge in [-0.25, -0.2) is 9.59 Å². The molecule has 1 unspecified atom stereocenters. The van der Waals surface area contributed by atoms with Gasteiger partial charge in [-0.1, -0.05) is 6.07 Å². The maximum Gasteiger partial charge on any atom is 0.337 e. The van der Waals surface area contributed by atoms with E-state index in [1.165, 1.54) is 6.07 Å². The molecule has 0 heterocycles. The van der Waals surface area contributed by atoms with E-state index < -0.39 is 23.9 Å². The third-order valence-corrected chi connectivity index (χ3v) is 3.03. The van der Waals surface area contributed by atoms with E-state index in [1.54, 1.807) is 19.1 Å². The Labute approximate surface area is 123 Å². The lowest BCUT2D eigenvalue weighted by Gasteiger charge is -2.15. The molecular formula is C12H14BrN3O4. The first-order valence-electron chi connectivity index (χ1n) is 5.69. The number of rotatable bonds is 5. The average molecular weight is 344 g/mol. The number of carboxylic acid groups (broad SMARTS) is 1. The zero-order valence-corrected chi connectivity index (χ0v) is 12.2. The second-order valence-corrected chi connectivity index (χ2v) is 4.99. The van der Waals surface area contributed by atoms with E-state index in [1.807, 2.05) is 0 Å². The summed E-state index contributed by atoms with van der Waals surface area (Å²) in [6.45, 7) is 1.61. The van der Waals surface area contributed by atoms with Crippen LogP contribution in [0.5, 0.6) is 0 Å². The van der Waals surface area contributed by atoms with Crippen molar-refractivity contribution in [1.29, 1.82) is 0 Å². The van der Waals surface area contributed by atoms with Crippen molar-refractivity contribution in [3.63, 3.8) is 0 Å². The molecule has 0 aromatic heterocycles. The zero-order chi connectivity index (χ0) is 15.3. The molecule has 20 heavy (non-hydrogen) atoms. The van der Waals surface area contributed by atoms with Crippen molar-refractivity contribution in [2.24, 2.45) is 5.73 Å². The number of carbonyl (C=O) groups excluding carboxylic acids is 2. The molecule has 0 aliphatic rings. The second kappa shape index (κ2) is 6.90. The third-order valence-electron chi connectivity index (χ3n) is 2.37. The van der Waals surface area contributed by atoms with Gasteiger partial charge in [-0.3, -0.25) is 4.79 Å². The van der Waals surface area contributed by atoms with Crippen molar-refractivity contribution < 1.29 is 19.5 Å². The fourth-order valence-electron chi connectivity index (χ4n) is 1.56.